The fourth-order valence-corrected chi connectivity index (χ4v) is 3.79. The Bertz CT molecular complexity index is 348. The highest BCUT2D eigenvalue weighted by Crippen LogP contribution is 2.14. The minimum absolute atomic E-state index is 1.04. The fraction of sp³-hybridized carbons (Fsp3) is 0.870. The molecule has 0 aromatic carbocycles. The average molecular weight is 350 g/mol. The smallest absolute Gasteiger partial charge is 0.185 e. The summed E-state index contributed by atoms with van der Waals surface area (Å²) in [5.41, 5.74) is 0. The van der Waals surface area contributed by atoms with Gasteiger partial charge in [0, 0.05) is 0 Å². The number of quaternary nitrogens is 1. The molecule has 2 nitrogen and oxygen atoms in total. The minimum Gasteiger partial charge on any atom is -0.280 e. The van der Waals surface area contributed by atoms with E-state index in [1.54, 1.807) is 0 Å². The topological polar surface area (TPSA) is 12.4 Å². The first kappa shape index (κ1) is 22.4. The lowest BCUT2D eigenvalue weighted by Crippen LogP contribution is -2.45. The van der Waals surface area contributed by atoms with E-state index in [-0.39, 0.29) is 0 Å². The second-order valence-electron chi connectivity index (χ2n) is 7.94. The van der Waals surface area contributed by atoms with Crippen LogP contribution in [0.2, 0.25) is 0 Å². The maximum Gasteiger partial charge on any atom is 0.185 e. The lowest BCUT2D eigenvalue weighted by molar-refractivity contribution is -0.827. The van der Waals surface area contributed by atoms with E-state index in [9.17, 15) is 0 Å². The molecule has 0 bridgehead atoms. The van der Waals surface area contributed by atoms with Crippen molar-refractivity contribution in [1.82, 2.24) is 0 Å². The van der Waals surface area contributed by atoms with Gasteiger partial charge in [-0.25, -0.2) is 4.99 Å². The van der Waals surface area contributed by atoms with Crippen LogP contribution < -0.4 is 0 Å². The van der Waals surface area contributed by atoms with Gasteiger partial charge < -0.3 is 0 Å². The SMILES string of the molecule is CCCCCCCCC=CCCCCCCCC[N+]1(CC)C=NCC1. The molecule has 0 N–H and O–H groups in total. The standard InChI is InChI=1S/C23H45N2/c1-3-5-6-7-8-9-10-11-12-13-14-15-16-17-18-19-21-25(4-2)22-20-24-23-25/h11-12,23H,3-10,13-22H2,1-2H3/q+1. The van der Waals surface area contributed by atoms with Gasteiger partial charge in [-0.3, -0.25) is 4.48 Å². The summed E-state index contributed by atoms with van der Waals surface area (Å²) in [7, 11) is 0. The van der Waals surface area contributed by atoms with Crippen LogP contribution in [-0.4, -0.2) is 37.0 Å². The largest absolute Gasteiger partial charge is 0.280 e. The number of unbranched alkanes of at least 4 members (excludes halogenated alkanes) is 12. The van der Waals surface area contributed by atoms with Crippen LogP contribution in [0, 0.1) is 0 Å². The van der Waals surface area contributed by atoms with Gasteiger partial charge in [0.05, 0.1) is 19.6 Å². The molecule has 0 amide bonds. The molecule has 1 aliphatic heterocycles. The Balaban J connectivity index is 1.80. The van der Waals surface area contributed by atoms with Crippen molar-refractivity contribution >= 4 is 6.34 Å². The van der Waals surface area contributed by atoms with Crippen molar-refractivity contribution in [2.45, 2.75) is 104 Å². The molecule has 0 aliphatic carbocycles. The zero-order valence-corrected chi connectivity index (χ0v) is 17.4. The molecule has 1 atom stereocenters. The highest BCUT2D eigenvalue weighted by Gasteiger charge is 2.26. The van der Waals surface area contributed by atoms with Gasteiger partial charge in [0.1, 0.15) is 6.54 Å². The normalized spacial score (nSPS) is 20.1. The van der Waals surface area contributed by atoms with Crippen molar-refractivity contribution in [3.05, 3.63) is 12.2 Å². The van der Waals surface area contributed by atoms with Crippen LogP contribution in [0.15, 0.2) is 17.1 Å². The molecule has 0 saturated heterocycles. The minimum atomic E-state index is 1.04. The van der Waals surface area contributed by atoms with E-state index in [0.717, 1.165) is 11.0 Å². The molecule has 1 unspecified atom stereocenters. The molecule has 0 aromatic rings. The fourth-order valence-electron chi connectivity index (χ4n) is 3.79. The van der Waals surface area contributed by atoms with Gasteiger partial charge in [0.2, 0.25) is 0 Å². The third kappa shape index (κ3) is 11.6. The third-order valence-electron chi connectivity index (χ3n) is 5.75. The van der Waals surface area contributed by atoms with Crippen LogP contribution in [-0.2, 0) is 0 Å². The monoisotopic (exact) mass is 349 g/mol. The van der Waals surface area contributed by atoms with E-state index >= 15 is 0 Å². The highest BCUT2D eigenvalue weighted by atomic mass is 15.4. The molecular weight excluding hydrogens is 304 g/mol. The second kappa shape index (κ2) is 15.6. The Morgan fingerprint density at radius 2 is 1.32 bits per heavy atom. The number of nitrogens with zero attached hydrogens (tertiary/aromatic N) is 2. The summed E-state index contributed by atoms with van der Waals surface area (Å²) in [5, 5.41) is 0. The van der Waals surface area contributed by atoms with Crippen LogP contribution in [0.5, 0.6) is 0 Å². The van der Waals surface area contributed by atoms with Crippen molar-refractivity contribution in [3.8, 4) is 0 Å². The highest BCUT2D eigenvalue weighted by molar-refractivity contribution is 5.48. The Morgan fingerprint density at radius 3 is 1.84 bits per heavy atom. The summed E-state index contributed by atoms with van der Waals surface area (Å²) in [6, 6.07) is 0. The molecule has 146 valence electrons. The molecule has 1 aliphatic rings. The molecule has 1 heterocycles. The van der Waals surface area contributed by atoms with Crippen molar-refractivity contribution < 1.29 is 4.48 Å². The average Bonchev–Trinajstić information content (AvgIpc) is 3.11. The van der Waals surface area contributed by atoms with Crippen molar-refractivity contribution in [2.24, 2.45) is 4.99 Å². The van der Waals surface area contributed by atoms with Crippen LogP contribution in [0.25, 0.3) is 0 Å². The lowest BCUT2D eigenvalue weighted by Gasteiger charge is -2.28. The van der Waals surface area contributed by atoms with Crippen LogP contribution in [0.1, 0.15) is 104 Å². The predicted molar refractivity (Wildman–Crippen MR) is 113 cm³/mol. The van der Waals surface area contributed by atoms with Crippen LogP contribution in [0.4, 0.5) is 0 Å². The Kier molecular flexibility index (Phi) is 14.0. The van der Waals surface area contributed by atoms with E-state index in [1.807, 2.05) is 0 Å². The van der Waals surface area contributed by atoms with Gasteiger partial charge in [0.15, 0.2) is 6.34 Å². The van der Waals surface area contributed by atoms with Gasteiger partial charge in [-0.2, -0.15) is 0 Å². The summed E-state index contributed by atoms with van der Waals surface area (Å²) in [6.45, 7) is 9.39. The van der Waals surface area contributed by atoms with Crippen molar-refractivity contribution in [3.63, 3.8) is 0 Å². The zero-order valence-electron chi connectivity index (χ0n) is 17.4. The summed E-state index contributed by atoms with van der Waals surface area (Å²) in [6.07, 6.45) is 26.5. The number of allylic oxidation sites excluding steroid dienone is 2. The van der Waals surface area contributed by atoms with E-state index < -0.39 is 0 Å². The first-order valence-corrected chi connectivity index (χ1v) is 11.3. The molecule has 0 spiro atoms. The van der Waals surface area contributed by atoms with E-state index in [0.29, 0.717) is 0 Å². The number of hydrogen-bond acceptors (Lipinski definition) is 1. The molecule has 0 fully saturated rings. The number of likely N-dealkylation sites (N-methyl/N-ethyl adjacent to an activating group) is 1. The quantitative estimate of drug-likeness (QED) is 0.154. The number of aliphatic imine (C=N–C) groups is 1. The Morgan fingerprint density at radius 1 is 0.760 bits per heavy atom. The van der Waals surface area contributed by atoms with Gasteiger partial charge in [-0.1, -0.05) is 70.4 Å². The third-order valence-corrected chi connectivity index (χ3v) is 5.75. The summed E-state index contributed by atoms with van der Waals surface area (Å²) in [4.78, 5) is 4.44. The Hall–Kier alpha value is -0.630. The van der Waals surface area contributed by atoms with Gasteiger partial charge in [-0.15, -0.1) is 0 Å². The zero-order chi connectivity index (χ0) is 18.1. The summed E-state index contributed by atoms with van der Waals surface area (Å²) in [5.74, 6) is 0. The van der Waals surface area contributed by atoms with Gasteiger partial charge >= 0.3 is 0 Å². The van der Waals surface area contributed by atoms with Crippen LogP contribution >= 0.6 is 0 Å². The van der Waals surface area contributed by atoms with Crippen molar-refractivity contribution in [1.29, 1.82) is 0 Å². The van der Waals surface area contributed by atoms with Crippen molar-refractivity contribution in [2.75, 3.05) is 26.2 Å². The summed E-state index contributed by atoms with van der Waals surface area (Å²) >= 11 is 0. The molecule has 0 radical (unpaired) electrons. The maximum atomic E-state index is 4.44. The molecule has 0 aromatic heterocycles. The first-order chi connectivity index (χ1) is 12.3. The molecule has 1 rings (SSSR count). The second-order valence-corrected chi connectivity index (χ2v) is 7.94. The van der Waals surface area contributed by atoms with E-state index in [1.165, 1.54) is 110 Å². The van der Waals surface area contributed by atoms with E-state index in [4.69, 9.17) is 0 Å². The summed E-state index contributed by atoms with van der Waals surface area (Å²) < 4.78 is 1.14. The number of rotatable bonds is 17. The molecule has 0 saturated carbocycles. The predicted octanol–water partition coefficient (Wildman–Crippen LogP) is 6.90. The number of hydrogen-bond donors (Lipinski definition) is 0. The van der Waals surface area contributed by atoms with E-state index in [2.05, 4.69) is 37.3 Å². The van der Waals surface area contributed by atoms with Gasteiger partial charge in [0.25, 0.3) is 0 Å². The van der Waals surface area contributed by atoms with Crippen LogP contribution in [0.3, 0.4) is 0 Å². The molecular formula is C23H45N2+. The lowest BCUT2D eigenvalue weighted by atomic mass is 10.1. The Labute approximate surface area is 158 Å². The molecule has 2 heteroatoms. The van der Waals surface area contributed by atoms with Gasteiger partial charge in [-0.05, 0) is 45.4 Å². The maximum absolute atomic E-state index is 4.44. The molecule has 25 heavy (non-hydrogen) atoms. The first-order valence-electron chi connectivity index (χ1n) is 11.3.